The van der Waals surface area contributed by atoms with Crippen LogP contribution >= 0.6 is 0 Å². The molecule has 0 amide bonds. The van der Waals surface area contributed by atoms with E-state index >= 15 is 0 Å². The third kappa shape index (κ3) is 7.81. The summed E-state index contributed by atoms with van der Waals surface area (Å²) in [5.41, 5.74) is 3.73. The van der Waals surface area contributed by atoms with Crippen LogP contribution in [-0.4, -0.2) is 13.2 Å². The van der Waals surface area contributed by atoms with Crippen LogP contribution < -0.4 is 9.47 Å². The largest absolute Gasteiger partial charge is 0.493 e. The van der Waals surface area contributed by atoms with E-state index in [9.17, 15) is 0 Å². The Morgan fingerprint density at radius 3 is 1.43 bits per heavy atom. The molecular weight excluding hydrogens is 372 g/mol. The quantitative estimate of drug-likeness (QED) is 0.231. The highest BCUT2D eigenvalue weighted by Crippen LogP contribution is 2.32. The Hall–Kier alpha value is -2.36. The van der Waals surface area contributed by atoms with E-state index in [-0.39, 0.29) is 0 Å². The summed E-state index contributed by atoms with van der Waals surface area (Å²) in [5, 5.41) is 9.01. The fraction of sp³-hybridized carbons (Fsp3) is 0.538. The van der Waals surface area contributed by atoms with E-state index in [4.69, 9.17) is 9.47 Å². The average molecular weight is 411 g/mol. The van der Waals surface area contributed by atoms with Gasteiger partial charge in [0.1, 0.15) is 11.5 Å². The van der Waals surface area contributed by atoms with Gasteiger partial charge >= 0.3 is 0 Å². The Kier molecular flexibility index (Phi) is 11.0. The van der Waals surface area contributed by atoms with E-state index in [0.29, 0.717) is 0 Å². The first kappa shape index (κ1) is 23.9. The first-order valence-corrected chi connectivity index (χ1v) is 11.5. The fourth-order valence-electron chi connectivity index (χ4n) is 3.26. The number of nitrogens with zero attached hydrogens (tertiary/aromatic N) is 2. The third-order valence-electron chi connectivity index (χ3n) is 5.29. The van der Waals surface area contributed by atoms with Crippen LogP contribution in [0, 0.1) is 13.8 Å². The summed E-state index contributed by atoms with van der Waals surface area (Å²) in [5.74, 6) is 1.78. The molecule has 2 aromatic rings. The molecule has 2 aromatic carbocycles. The van der Waals surface area contributed by atoms with Gasteiger partial charge in [-0.25, -0.2) is 0 Å². The SMILES string of the molecule is CCCCCCOc1cccc(/N=N/c2cccc(OCCCCCC)c2C)c1C. The second-order valence-corrected chi connectivity index (χ2v) is 7.82. The van der Waals surface area contributed by atoms with Gasteiger partial charge in [-0.2, -0.15) is 10.2 Å². The van der Waals surface area contributed by atoms with Crippen molar-refractivity contribution in [2.24, 2.45) is 10.2 Å². The highest BCUT2D eigenvalue weighted by Gasteiger charge is 2.07. The number of unbranched alkanes of at least 4 members (excludes halogenated alkanes) is 6. The van der Waals surface area contributed by atoms with Gasteiger partial charge in [-0.15, -0.1) is 0 Å². The summed E-state index contributed by atoms with van der Waals surface area (Å²) < 4.78 is 11.9. The van der Waals surface area contributed by atoms with Crippen molar-refractivity contribution < 1.29 is 9.47 Å². The first-order valence-electron chi connectivity index (χ1n) is 11.5. The van der Waals surface area contributed by atoms with Gasteiger partial charge in [0.05, 0.1) is 24.6 Å². The van der Waals surface area contributed by atoms with Crippen molar-refractivity contribution in [1.82, 2.24) is 0 Å². The molecule has 164 valence electrons. The molecule has 30 heavy (non-hydrogen) atoms. The lowest BCUT2D eigenvalue weighted by Gasteiger charge is -2.11. The number of rotatable bonds is 14. The number of hydrogen-bond donors (Lipinski definition) is 0. The van der Waals surface area contributed by atoms with E-state index in [1.165, 1.54) is 38.5 Å². The van der Waals surface area contributed by atoms with Crippen molar-refractivity contribution in [3.05, 3.63) is 47.5 Å². The zero-order chi connectivity index (χ0) is 21.6. The van der Waals surface area contributed by atoms with Crippen LogP contribution in [0.15, 0.2) is 46.6 Å². The zero-order valence-corrected chi connectivity index (χ0v) is 19.2. The van der Waals surface area contributed by atoms with Gasteiger partial charge in [0.25, 0.3) is 0 Å². The first-order chi connectivity index (χ1) is 14.7. The standard InChI is InChI=1S/C26H38N2O2/c1-5-7-9-11-19-29-25-17-13-15-23(21(25)3)27-28-24-16-14-18-26(22(24)4)30-20-12-10-8-6-2/h13-18H,5-12,19-20H2,1-4H3/b28-27+. The Balaban J connectivity index is 1.99. The minimum absolute atomic E-state index is 0.748. The molecule has 0 radical (unpaired) electrons. The minimum atomic E-state index is 0.748. The van der Waals surface area contributed by atoms with Gasteiger partial charge in [-0.1, -0.05) is 64.5 Å². The van der Waals surface area contributed by atoms with Gasteiger partial charge < -0.3 is 9.47 Å². The predicted molar refractivity (Wildman–Crippen MR) is 126 cm³/mol. The van der Waals surface area contributed by atoms with E-state index in [1.807, 2.05) is 50.2 Å². The molecule has 0 unspecified atom stereocenters. The maximum Gasteiger partial charge on any atom is 0.124 e. The van der Waals surface area contributed by atoms with Crippen LogP contribution in [0.2, 0.25) is 0 Å². The van der Waals surface area contributed by atoms with Crippen molar-refractivity contribution >= 4 is 11.4 Å². The molecule has 0 spiro atoms. The van der Waals surface area contributed by atoms with Crippen LogP contribution in [0.5, 0.6) is 11.5 Å². The van der Waals surface area contributed by atoms with Gasteiger partial charge in [0.15, 0.2) is 0 Å². The summed E-state index contributed by atoms with van der Waals surface area (Å²) in [6.45, 7) is 10.0. The molecule has 0 bridgehead atoms. The molecule has 0 aliphatic heterocycles. The molecule has 0 N–H and O–H groups in total. The number of ether oxygens (including phenoxy) is 2. The van der Waals surface area contributed by atoms with Crippen molar-refractivity contribution in [3.63, 3.8) is 0 Å². The lowest BCUT2D eigenvalue weighted by atomic mass is 10.1. The Labute approximate surface area is 182 Å². The van der Waals surface area contributed by atoms with Crippen molar-refractivity contribution in [3.8, 4) is 11.5 Å². The predicted octanol–water partition coefficient (Wildman–Crippen LogP) is 8.64. The smallest absolute Gasteiger partial charge is 0.124 e. The van der Waals surface area contributed by atoms with Gasteiger partial charge in [0.2, 0.25) is 0 Å². The lowest BCUT2D eigenvalue weighted by Crippen LogP contribution is -1.99. The normalized spacial score (nSPS) is 11.2. The number of hydrogen-bond acceptors (Lipinski definition) is 4. The van der Waals surface area contributed by atoms with E-state index in [0.717, 1.165) is 60.1 Å². The second-order valence-electron chi connectivity index (χ2n) is 7.82. The van der Waals surface area contributed by atoms with Crippen LogP contribution in [-0.2, 0) is 0 Å². The molecule has 4 heteroatoms. The van der Waals surface area contributed by atoms with Crippen LogP contribution in [0.3, 0.4) is 0 Å². The van der Waals surface area contributed by atoms with Crippen LogP contribution in [0.25, 0.3) is 0 Å². The zero-order valence-electron chi connectivity index (χ0n) is 19.2. The summed E-state index contributed by atoms with van der Waals surface area (Å²) in [7, 11) is 0. The van der Waals surface area contributed by atoms with Crippen molar-refractivity contribution in [1.29, 1.82) is 0 Å². The molecule has 0 aliphatic rings. The van der Waals surface area contributed by atoms with Gasteiger partial charge in [-0.3, -0.25) is 0 Å². The highest BCUT2D eigenvalue weighted by molar-refractivity contribution is 5.55. The average Bonchev–Trinajstić information content (AvgIpc) is 2.75. The van der Waals surface area contributed by atoms with E-state index < -0.39 is 0 Å². The maximum atomic E-state index is 5.97. The summed E-state index contributed by atoms with van der Waals surface area (Å²) in [6, 6.07) is 11.9. The number of benzene rings is 2. The maximum absolute atomic E-state index is 5.97. The van der Waals surface area contributed by atoms with Gasteiger partial charge in [-0.05, 0) is 51.0 Å². The molecule has 0 aromatic heterocycles. The molecule has 0 saturated carbocycles. The summed E-state index contributed by atoms with van der Waals surface area (Å²) in [4.78, 5) is 0. The molecular formula is C26H38N2O2. The molecule has 0 aliphatic carbocycles. The third-order valence-corrected chi connectivity index (χ3v) is 5.29. The van der Waals surface area contributed by atoms with Crippen molar-refractivity contribution in [2.45, 2.75) is 79.1 Å². The molecule has 0 heterocycles. The molecule has 0 saturated heterocycles. The second kappa shape index (κ2) is 13.8. The molecule has 2 rings (SSSR count). The summed E-state index contributed by atoms with van der Waals surface area (Å²) in [6.07, 6.45) is 9.59. The Morgan fingerprint density at radius 2 is 1.03 bits per heavy atom. The molecule has 0 fully saturated rings. The summed E-state index contributed by atoms with van der Waals surface area (Å²) >= 11 is 0. The molecule has 4 nitrogen and oxygen atoms in total. The monoisotopic (exact) mass is 410 g/mol. The highest BCUT2D eigenvalue weighted by atomic mass is 16.5. The van der Waals surface area contributed by atoms with Crippen LogP contribution in [0.1, 0.15) is 76.3 Å². The Morgan fingerprint density at radius 1 is 0.600 bits per heavy atom. The number of azo groups is 1. The minimum Gasteiger partial charge on any atom is -0.493 e. The molecule has 0 atom stereocenters. The van der Waals surface area contributed by atoms with Crippen molar-refractivity contribution in [2.75, 3.05) is 13.2 Å². The van der Waals surface area contributed by atoms with E-state index in [1.54, 1.807) is 0 Å². The van der Waals surface area contributed by atoms with Gasteiger partial charge in [0, 0.05) is 11.1 Å². The lowest BCUT2D eigenvalue weighted by molar-refractivity contribution is 0.303. The topological polar surface area (TPSA) is 43.2 Å². The van der Waals surface area contributed by atoms with Crippen LogP contribution in [0.4, 0.5) is 11.4 Å². The van der Waals surface area contributed by atoms with E-state index in [2.05, 4.69) is 24.1 Å². The fourth-order valence-corrected chi connectivity index (χ4v) is 3.26. The Bertz CT molecular complexity index is 721.